The molecule has 0 aliphatic heterocycles. The van der Waals surface area contributed by atoms with Crippen LogP contribution in [0.5, 0.6) is 11.5 Å². The predicted octanol–water partition coefficient (Wildman–Crippen LogP) is 4.83. The molecule has 30 heavy (non-hydrogen) atoms. The largest absolute Gasteiger partial charge is 0.493 e. The maximum atomic E-state index is 11.7. The number of aliphatic carboxylic acids is 1. The van der Waals surface area contributed by atoms with E-state index in [1.54, 1.807) is 12.1 Å². The lowest BCUT2D eigenvalue weighted by Crippen LogP contribution is -2.00. The van der Waals surface area contributed by atoms with E-state index < -0.39 is 5.97 Å². The first-order valence-electron chi connectivity index (χ1n) is 9.08. The molecular formula is C21H20ClN3O4S. The van der Waals surface area contributed by atoms with Gasteiger partial charge in [-0.15, -0.1) is 5.10 Å². The Morgan fingerprint density at radius 1 is 1.30 bits per heavy atom. The molecule has 0 saturated heterocycles. The second-order valence-electron chi connectivity index (χ2n) is 6.14. The summed E-state index contributed by atoms with van der Waals surface area (Å²) in [7, 11) is 1.50. The van der Waals surface area contributed by atoms with Gasteiger partial charge in [-0.25, -0.2) is 9.78 Å². The van der Waals surface area contributed by atoms with Crippen molar-refractivity contribution in [1.29, 1.82) is 0 Å². The van der Waals surface area contributed by atoms with Gasteiger partial charge in [0.05, 0.1) is 12.1 Å². The van der Waals surface area contributed by atoms with E-state index in [9.17, 15) is 9.90 Å². The topological polar surface area (TPSA) is 97.3 Å². The molecule has 2 aromatic carbocycles. The first kappa shape index (κ1) is 21.7. The molecule has 0 bridgehead atoms. The van der Waals surface area contributed by atoms with Gasteiger partial charge in [-0.05, 0) is 41.1 Å². The molecule has 2 N–H and O–H groups in total. The number of carbonyl (C=O) groups is 1. The Morgan fingerprint density at radius 2 is 2.07 bits per heavy atom. The summed E-state index contributed by atoms with van der Waals surface area (Å²) < 4.78 is 11.3. The summed E-state index contributed by atoms with van der Waals surface area (Å²) in [5.74, 6) is 0.394. The average Bonchev–Trinajstić information content (AvgIpc) is 3.20. The number of carboxylic acid groups (broad SMARTS) is 1. The molecule has 0 atom stereocenters. The van der Waals surface area contributed by atoms with E-state index in [4.69, 9.17) is 21.1 Å². The van der Waals surface area contributed by atoms with Gasteiger partial charge in [-0.2, -0.15) is 0 Å². The Labute approximate surface area is 183 Å². The number of halogens is 1. The molecular weight excluding hydrogens is 426 g/mol. The van der Waals surface area contributed by atoms with Crippen LogP contribution < -0.4 is 9.47 Å². The minimum atomic E-state index is -1.10. The lowest BCUT2D eigenvalue weighted by Gasteiger charge is -2.13. The molecule has 0 fully saturated rings. The number of thioether (sulfide) groups is 1. The number of hydrogen-bond donors (Lipinski definition) is 2. The summed E-state index contributed by atoms with van der Waals surface area (Å²) >= 11 is 7.36. The fraction of sp³-hybridized carbons (Fsp3) is 0.190. The van der Waals surface area contributed by atoms with Crippen LogP contribution in [0.4, 0.5) is 0 Å². The third-order valence-electron chi connectivity index (χ3n) is 4.03. The van der Waals surface area contributed by atoms with E-state index >= 15 is 0 Å². The molecule has 156 valence electrons. The van der Waals surface area contributed by atoms with E-state index in [1.165, 1.54) is 13.2 Å². The number of aromatic nitrogens is 3. The Balaban J connectivity index is 1.85. The second-order valence-corrected chi connectivity index (χ2v) is 7.56. The van der Waals surface area contributed by atoms with Crippen molar-refractivity contribution in [3.63, 3.8) is 0 Å². The van der Waals surface area contributed by atoms with Gasteiger partial charge >= 0.3 is 5.97 Å². The van der Waals surface area contributed by atoms with Gasteiger partial charge in [0.2, 0.25) is 5.16 Å². The zero-order valence-corrected chi connectivity index (χ0v) is 18.0. The van der Waals surface area contributed by atoms with Crippen LogP contribution in [0.3, 0.4) is 0 Å². The van der Waals surface area contributed by atoms with Crippen LogP contribution in [0.15, 0.2) is 52.5 Å². The van der Waals surface area contributed by atoms with Crippen LogP contribution in [-0.4, -0.2) is 33.4 Å². The highest BCUT2D eigenvalue weighted by molar-refractivity contribution is 8.04. The zero-order valence-electron chi connectivity index (χ0n) is 16.4. The molecule has 0 spiro atoms. The van der Waals surface area contributed by atoms with Crippen molar-refractivity contribution in [2.24, 2.45) is 0 Å². The summed E-state index contributed by atoms with van der Waals surface area (Å²) in [6, 6.07) is 13.0. The Hall–Kier alpha value is -2.97. The van der Waals surface area contributed by atoms with Crippen LogP contribution >= 0.6 is 23.4 Å². The molecule has 9 heteroatoms. The minimum Gasteiger partial charge on any atom is -0.493 e. The number of H-pyrrole nitrogens is 1. The highest BCUT2D eigenvalue weighted by Crippen LogP contribution is 2.38. The lowest BCUT2D eigenvalue weighted by molar-refractivity contribution is -0.131. The standard InChI is InChI=1S/C21H20ClN3O4S/c1-3-18-23-21(25-24-18)30-17(20(26)27)11-14-9-15(22)19(16(10-14)28-2)29-12-13-7-5-4-6-8-13/h4-11H,3,12H2,1-2H3,(H,26,27)(H,23,24,25)/b17-11-. The number of benzene rings is 2. The molecule has 3 aromatic rings. The summed E-state index contributed by atoms with van der Waals surface area (Å²) in [6.45, 7) is 2.26. The van der Waals surface area contributed by atoms with E-state index in [2.05, 4.69) is 15.2 Å². The van der Waals surface area contributed by atoms with Crippen molar-refractivity contribution in [3.8, 4) is 11.5 Å². The van der Waals surface area contributed by atoms with Crippen molar-refractivity contribution in [3.05, 3.63) is 69.3 Å². The van der Waals surface area contributed by atoms with Gasteiger partial charge in [-0.3, -0.25) is 5.10 Å². The number of carboxylic acids is 1. The molecule has 0 aliphatic carbocycles. The molecule has 0 amide bonds. The van der Waals surface area contributed by atoms with Gasteiger partial charge in [-0.1, -0.05) is 48.9 Å². The second kappa shape index (κ2) is 10.2. The maximum absolute atomic E-state index is 11.7. The molecule has 0 saturated carbocycles. The third kappa shape index (κ3) is 5.55. The fourth-order valence-corrected chi connectivity index (χ4v) is 3.56. The van der Waals surface area contributed by atoms with Gasteiger partial charge in [0.25, 0.3) is 0 Å². The molecule has 0 aliphatic rings. The van der Waals surface area contributed by atoms with E-state index in [-0.39, 0.29) is 4.91 Å². The number of ether oxygens (including phenoxy) is 2. The number of hydrogen-bond acceptors (Lipinski definition) is 6. The quantitative estimate of drug-likeness (QED) is 0.359. The molecule has 1 heterocycles. The first-order valence-corrected chi connectivity index (χ1v) is 10.3. The minimum absolute atomic E-state index is 0.0488. The summed E-state index contributed by atoms with van der Waals surface area (Å²) in [4.78, 5) is 16.0. The van der Waals surface area contributed by atoms with Crippen molar-refractivity contribution in [1.82, 2.24) is 15.2 Å². The molecule has 3 rings (SSSR count). The summed E-state index contributed by atoms with van der Waals surface area (Å²) in [6.07, 6.45) is 2.17. The monoisotopic (exact) mass is 445 g/mol. The number of rotatable bonds is 9. The van der Waals surface area contributed by atoms with Crippen LogP contribution in [0, 0.1) is 0 Å². The number of nitrogens with one attached hydrogen (secondary N) is 1. The number of aromatic amines is 1. The molecule has 0 unspecified atom stereocenters. The SMILES string of the molecule is CCc1nc(S/C(=C\c2cc(Cl)c(OCc3ccccc3)c(OC)c2)C(=O)O)n[nH]1. The maximum Gasteiger partial charge on any atom is 0.342 e. The van der Waals surface area contributed by atoms with Crippen molar-refractivity contribution >= 4 is 35.4 Å². The Bertz CT molecular complexity index is 1050. The number of nitrogens with zero attached hydrogens (tertiary/aromatic N) is 2. The first-order chi connectivity index (χ1) is 14.5. The van der Waals surface area contributed by atoms with Crippen LogP contribution in [-0.2, 0) is 17.8 Å². The van der Waals surface area contributed by atoms with E-state index in [0.717, 1.165) is 17.3 Å². The van der Waals surface area contributed by atoms with E-state index in [1.807, 2.05) is 37.3 Å². The van der Waals surface area contributed by atoms with Crippen LogP contribution in [0.1, 0.15) is 23.9 Å². The third-order valence-corrected chi connectivity index (χ3v) is 5.19. The zero-order chi connectivity index (χ0) is 21.5. The Morgan fingerprint density at radius 3 is 2.70 bits per heavy atom. The fourth-order valence-electron chi connectivity index (χ4n) is 2.56. The van der Waals surface area contributed by atoms with Crippen molar-refractivity contribution in [2.45, 2.75) is 25.1 Å². The summed E-state index contributed by atoms with van der Waals surface area (Å²) in [5.41, 5.74) is 1.54. The smallest absolute Gasteiger partial charge is 0.342 e. The van der Waals surface area contributed by atoms with Crippen LogP contribution in [0.25, 0.3) is 6.08 Å². The van der Waals surface area contributed by atoms with Gasteiger partial charge in [0, 0.05) is 6.42 Å². The van der Waals surface area contributed by atoms with Gasteiger partial charge in [0.15, 0.2) is 11.5 Å². The molecule has 1 aromatic heterocycles. The summed E-state index contributed by atoms with van der Waals surface area (Å²) in [5, 5.41) is 17.0. The highest BCUT2D eigenvalue weighted by atomic mass is 35.5. The molecule has 7 nitrogen and oxygen atoms in total. The molecule has 0 radical (unpaired) electrons. The van der Waals surface area contributed by atoms with Gasteiger partial charge in [0.1, 0.15) is 17.3 Å². The Kier molecular flexibility index (Phi) is 7.37. The lowest BCUT2D eigenvalue weighted by atomic mass is 10.2. The predicted molar refractivity (Wildman–Crippen MR) is 116 cm³/mol. The van der Waals surface area contributed by atoms with E-state index in [0.29, 0.717) is 46.1 Å². The normalized spacial score (nSPS) is 11.4. The average molecular weight is 446 g/mol. The van der Waals surface area contributed by atoms with Crippen molar-refractivity contribution < 1.29 is 19.4 Å². The highest BCUT2D eigenvalue weighted by Gasteiger charge is 2.16. The van der Waals surface area contributed by atoms with Gasteiger partial charge < -0.3 is 14.6 Å². The number of methoxy groups -OCH3 is 1. The van der Waals surface area contributed by atoms with Crippen molar-refractivity contribution in [2.75, 3.05) is 7.11 Å². The van der Waals surface area contributed by atoms with Crippen LogP contribution in [0.2, 0.25) is 5.02 Å². The number of aryl methyl sites for hydroxylation is 1.